The van der Waals surface area contributed by atoms with Gasteiger partial charge in [-0.25, -0.2) is 14.8 Å². The maximum atomic E-state index is 14.9. The summed E-state index contributed by atoms with van der Waals surface area (Å²) < 4.78 is 31.5. The Kier molecular flexibility index (Phi) is 13.3. The maximum absolute atomic E-state index is 14.9. The number of aliphatic hydroxyl groups excluding tert-OH is 1. The molecule has 0 unspecified atom stereocenters. The van der Waals surface area contributed by atoms with Crippen LogP contribution < -0.4 is 0 Å². The topological polar surface area (TPSA) is 170 Å². The van der Waals surface area contributed by atoms with Crippen molar-refractivity contribution in [2.45, 2.75) is 148 Å². The number of aliphatic hydroxyl groups is 1. The van der Waals surface area contributed by atoms with Gasteiger partial charge in [-0.05, 0) is 91.7 Å². The number of nitrogens with zero attached hydrogens (tertiary/aromatic N) is 5. The fourth-order valence-electron chi connectivity index (χ4n) is 10.3. The van der Waals surface area contributed by atoms with Gasteiger partial charge in [0, 0.05) is 67.8 Å². The largest absolute Gasteiger partial charge is 0.458 e. The van der Waals surface area contributed by atoms with Crippen molar-refractivity contribution in [2.24, 2.45) is 23.7 Å². The molecule has 0 bridgehead atoms. The zero-order chi connectivity index (χ0) is 43.3. The Hall–Kier alpha value is -3.60. The molecule has 0 aliphatic carbocycles. The van der Waals surface area contributed by atoms with Crippen molar-refractivity contribution < 1.29 is 48.0 Å². The smallest absolute Gasteiger partial charge is 0.411 e. The van der Waals surface area contributed by atoms with Crippen molar-refractivity contribution in [3.63, 3.8) is 0 Å². The average molecular weight is 824 g/mol. The van der Waals surface area contributed by atoms with Gasteiger partial charge in [0.1, 0.15) is 23.9 Å². The minimum atomic E-state index is -1.42. The summed E-state index contributed by atoms with van der Waals surface area (Å²) in [6, 6.07) is 4.49. The first-order valence-electron chi connectivity index (χ1n) is 21.2. The van der Waals surface area contributed by atoms with Gasteiger partial charge in [0.25, 0.3) is 0 Å². The number of Topliss-reactive ketones (excluding diaryl/α,β-unsaturated/α-hetero) is 2. The summed E-state index contributed by atoms with van der Waals surface area (Å²) in [6.45, 7) is 17.2. The predicted molar refractivity (Wildman–Crippen MR) is 218 cm³/mol. The molecule has 1 N–H and O–H groups in total. The molecule has 59 heavy (non-hydrogen) atoms. The van der Waals surface area contributed by atoms with Crippen LogP contribution in [-0.2, 0) is 38.1 Å². The van der Waals surface area contributed by atoms with E-state index >= 15 is 0 Å². The molecule has 4 fully saturated rings. The van der Waals surface area contributed by atoms with Crippen LogP contribution in [-0.4, -0.2) is 148 Å². The summed E-state index contributed by atoms with van der Waals surface area (Å²) in [4.78, 5) is 72.2. The number of ether oxygens (including phenoxy) is 5. The monoisotopic (exact) mass is 823 g/mol. The number of cyclic esters (lactones) is 1. The van der Waals surface area contributed by atoms with Crippen molar-refractivity contribution in [3.05, 3.63) is 36.2 Å². The van der Waals surface area contributed by atoms with E-state index < -0.39 is 83.4 Å². The van der Waals surface area contributed by atoms with Gasteiger partial charge >= 0.3 is 12.1 Å². The Bertz CT molecular complexity index is 1870. The number of esters is 1. The van der Waals surface area contributed by atoms with Gasteiger partial charge in [-0.15, -0.1) is 0 Å². The summed E-state index contributed by atoms with van der Waals surface area (Å²) >= 11 is 0. The highest BCUT2D eigenvalue weighted by atomic mass is 16.7. The Morgan fingerprint density at radius 1 is 1.00 bits per heavy atom. The molecule has 6 heterocycles. The Morgan fingerprint density at radius 2 is 1.68 bits per heavy atom. The van der Waals surface area contributed by atoms with Gasteiger partial charge in [0.2, 0.25) is 0 Å². The number of rotatable bonds is 8. The van der Waals surface area contributed by atoms with Gasteiger partial charge in [-0.3, -0.25) is 24.2 Å². The number of methoxy groups -OCH3 is 1. The molecule has 1 amide bonds. The van der Waals surface area contributed by atoms with E-state index in [1.165, 1.54) is 14.0 Å². The number of amides is 1. The first-order valence-corrected chi connectivity index (χ1v) is 21.2. The fraction of sp³-hybridized carbons (Fsp3) is 0.727. The van der Waals surface area contributed by atoms with Crippen LogP contribution in [0.25, 0.3) is 11.0 Å². The van der Waals surface area contributed by atoms with E-state index in [1.807, 2.05) is 64.9 Å². The number of hydrogen-bond acceptors (Lipinski definition) is 14. The van der Waals surface area contributed by atoms with Gasteiger partial charge in [-0.2, -0.15) is 0 Å². The van der Waals surface area contributed by atoms with E-state index in [2.05, 4.69) is 21.8 Å². The number of ketones is 2. The standard InChI is InChI=1S/C44H65N5O10/c1-13-33-44(9)37(49(42(54)59-44)29-21-48(22-29)28(7)30-16-18-46-39-31(30)15-14-17-45-39)25(4)34(50)23(2)20-43(8,55-12)38(26(5)35(51)27(6)40(53)57-33)58-41-36(52)32(47(10)11)19-24(3)56-41/h14-18,23-29,32-33,36-38,41,52H,13,19-22H2,1-12H3/t23-,24-,25+,26+,27-,28+,32+,33-,36-,37-,38-,41+,43-,44-/m1/s1. The van der Waals surface area contributed by atoms with Crippen LogP contribution in [0.15, 0.2) is 30.6 Å². The Labute approximate surface area is 348 Å². The highest BCUT2D eigenvalue weighted by Gasteiger charge is 2.63. The third-order valence-electron chi connectivity index (χ3n) is 13.9. The van der Waals surface area contributed by atoms with E-state index in [9.17, 15) is 24.3 Å². The predicted octanol–water partition coefficient (Wildman–Crippen LogP) is 4.58. The molecule has 14 atom stereocenters. The molecule has 4 aliphatic heterocycles. The molecule has 2 aromatic heterocycles. The first-order chi connectivity index (χ1) is 27.8. The van der Waals surface area contributed by atoms with Gasteiger partial charge in [0.05, 0.1) is 29.9 Å². The minimum Gasteiger partial charge on any atom is -0.458 e. The van der Waals surface area contributed by atoms with Crippen molar-refractivity contribution in [1.29, 1.82) is 0 Å². The SMILES string of the molecule is CC[C@H]1OC(=O)[C@H](C)C(=O)[C@H](C)[C@@H](O[C@@H]2O[C@H](C)C[C@H](N(C)C)[C@H]2O)[C@](C)(OC)C[C@@H](C)C(=O)[C@H](C)[C@H]2N(C3CN([C@@H](C)c4ccnc5ncccc45)C3)C(=O)O[C@]12C. The van der Waals surface area contributed by atoms with Crippen molar-refractivity contribution in [2.75, 3.05) is 34.3 Å². The lowest BCUT2D eigenvalue weighted by Crippen LogP contribution is -2.66. The van der Waals surface area contributed by atoms with E-state index in [1.54, 1.807) is 38.1 Å². The van der Waals surface area contributed by atoms with Gasteiger partial charge in [-0.1, -0.05) is 27.7 Å². The number of fused-ring (bicyclic) bond motifs is 2. The third-order valence-corrected chi connectivity index (χ3v) is 13.9. The first kappa shape index (κ1) is 44.9. The zero-order valence-corrected chi connectivity index (χ0v) is 36.8. The molecule has 15 heteroatoms. The third kappa shape index (κ3) is 8.27. The van der Waals surface area contributed by atoms with E-state index in [0.717, 1.165) is 10.9 Å². The number of pyridine rings is 2. The fourth-order valence-corrected chi connectivity index (χ4v) is 10.3. The maximum Gasteiger partial charge on any atom is 0.411 e. The summed E-state index contributed by atoms with van der Waals surface area (Å²) in [5, 5.41) is 12.4. The highest BCUT2D eigenvalue weighted by molar-refractivity contribution is 6.00. The average Bonchev–Trinajstić information content (AvgIpc) is 3.46. The summed E-state index contributed by atoms with van der Waals surface area (Å²) in [7, 11) is 5.25. The number of aromatic nitrogens is 2. The van der Waals surface area contributed by atoms with E-state index in [-0.39, 0.29) is 42.9 Å². The molecule has 0 aromatic carbocycles. The van der Waals surface area contributed by atoms with Gasteiger partial charge < -0.3 is 33.7 Å². The number of likely N-dealkylation sites (tertiary alicyclic amines) is 1. The molecule has 4 saturated heterocycles. The summed E-state index contributed by atoms with van der Waals surface area (Å²) in [5.41, 5.74) is -0.960. The second-order valence-corrected chi connectivity index (χ2v) is 18.2. The lowest BCUT2D eigenvalue weighted by atomic mass is 9.73. The van der Waals surface area contributed by atoms with Crippen LogP contribution >= 0.6 is 0 Å². The van der Waals surface area contributed by atoms with Crippen molar-refractivity contribution in [3.8, 4) is 0 Å². The second-order valence-electron chi connectivity index (χ2n) is 18.2. The van der Waals surface area contributed by atoms with Gasteiger partial charge in [0.15, 0.2) is 23.3 Å². The molecule has 0 saturated carbocycles. The van der Waals surface area contributed by atoms with Crippen molar-refractivity contribution in [1.82, 2.24) is 24.7 Å². The molecule has 2 aromatic rings. The molecule has 4 aliphatic rings. The summed E-state index contributed by atoms with van der Waals surface area (Å²) in [6.07, 6.45) is -0.601. The van der Waals surface area contributed by atoms with Crippen LogP contribution in [0.5, 0.6) is 0 Å². The molecule has 0 spiro atoms. The van der Waals surface area contributed by atoms with Crippen LogP contribution in [0.4, 0.5) is 4.79 Å². The lowest BCUT2D eigenvalue weighted by Gasteiger charge is -2.50. The van der Waals surface area contributed by atoms with Crippen molar-refractivity contribution >= 4 is 34.7 Å². The lowest BCUT2D eigenvalue weighted by molar-refractivity contribution is -0.295. The number of carbonyl (C=O) groups is 4. The second kappa shape index (κ2) is 17.4. The van der Waals surface area contributed by atoms with Crippen LogP contribution in [0.1, 0.15) is 93.2 Å². The molecule has 15 nitrogen and oxygen atoms in total. The minimum absolute atomic E-state index is 0.0150. The molecular formula is C44H65N5O10. The number of carbonyl (C=O) groups excluding carboxylic acids is 4. The highest BCUT2D eigenvalue weighted by Crippen LogP contribution is 2.45. The molecule has 6 rings (SSSR count). The molecule has 326 valence electrons. The van der Waals surface area contributed by atoms with E-state index in [4.69, 9.17) is 23.7 Å². The quantitative estimate of drug-likeness (QED) is 0.290. The van der Waals surface area contributed by atoms with Crippen LogP contribution in [0, 0.1) is 23.7 Å². The normalized spacial score (nSPS) is 38.7. The molecular weight excluding hydrogens is 759 g/mol. The zero-order valence-electron chi connectivity index (χ0n) is 36.8. The van der Waals surface area contributed by atoms with Crippen LogP contribution in [0.2, 0.25) is 0 Å². The summed E-state index contributed by atoms with van der Waals surface area (Å²) in [5.74, 6) is -4.97. The Morgan fingerprint density at radius 3 is 2.32 bits per heavy atom. The van der Waals surface area contributed by atoms with Crippen LogP contribution in [0.3, 0.4) is 0 Å². The Balaban J connectivity index is 1.33. The van der Waals surface area contributed by atoms with E-state index in [0.29, 0.717) is 25.2 Å². The number of hydrogen-bond donors (Lipinski definition) is 1. The number of likely N-dealkylation sites (N-methyl/N-ethyl adjacent to an activating group) is 1. The molecule has 0 radical (unpaired) electrons.